The Labute approximate surface area is 115 Å². The van der Waals surface area contributed by atoms with Crippen molar-refractivity contribution in [3.63, 3.8) is 0 Å². The molecule has 1 aliphatic heterocycles. The molecule has 104 valence electrons. The minimum Gasteiger partial charge on any atom is -0.486 e. The van der Waals surface area contributed by atoms with Gasteiger partial charge in [0.2, 0.25) is 0 Å². The number of unbranched alkanes of at least 4 members (excludes halogenated alkanes) is 1. The van der Waals surface area contributed by atoms with Crippen molar-refractivity contribution >= 4 is 16.6 Å². The molecular formula is C14H18O4S. The Balaban J connectivity index is 1.90. The maximum atomic E-state index is 12.1. The van der Waals surface area contributed by atoms with Crippen LogP contribution in [0.5, 0.6) is 11.5 Å². The van der Waals surface area contributed by atoms with Gasteiger partial charge in [0.15, 0.2) is 11.5 Å². The standard InChI is InChI=1S/C14H18O4S/c1-11(15)4-2-3-9-19(16)12-5-6-13-14(10-12)18-8-7-17-13/h5-6,10H,2-4,7-9H2,1H3. The molecule has 0 fully saturated rings. The fourth-order valence-corrected chi connectivity index (χ4v) is 3.05. The zero-order chi connectivity index (χ0) is 13.7. The number of hydrogen-bond donors (Lipinski definition) is 0. The Kier molecular flexibility index (Phi) is 4.96. The first-order valence-electron chi connectivity index (χ1n) is 6.44. The van der Waals surface area contributed by atoms with E-state index in [4.69, 9.17) is 9.47 Å². The van der Waals surface area contributed by atoms with E-state index < -0.39 is 10.8 Å². The normalized spacial score (nSPS) is 15.0. The van der Waals surface area contributed by atoms with Crippen molar-refractivity contribution in [2.45, 2.75) is 31.1 Å². The Bertz CT molecular complexity index is 484. The fourth-order valence-electron chi connectivity index (χ4n) is 1.89. The molecule has 5 heteroatoms. The minimum absolute atomic E-state index is 0.185. The lowest BCUT2D eigenvalue weighted by atomic mass is 10.2. The van der Waals surface area contributed by atoms with Crippen LogP contribution in [0.15, 0.2) is 23.1 Å². The monoisotopic (exact) mass is 282 g/mol. The molecule has 1 aromatic carbocycles. The second-order valence-electron chi connectivity index (χ2n) is 4.51. The summed E-state index contributed by atoms with van der Waals surface area (Å²) in [5.41, 5.74) is 0. The molecule has 0 saturated heterocycles. The third kappa shape index (κ3) is 4.06. The molecule has 19 heavy (non-hydrogen) atoms. The molecule has 1 aromatic rings. The zero-order valence-electron chi connectivity index (χ0n) is 11.0. The minimum atomic E-state index is -1.04. The molecule has 1 aliphatic rings. The summed E-state index contributed by atoms with van der Waals surface area (Å²) in [5.74, 6) is 2.14. The Morgan fingerprint density at radius 1 is 1.21 bits per heavy atom. The van der Waals surface area contributed by atoms with Gasteiger partial charge >= 0.3 is 0 Å². The molecule has 1 heterocycles. The van der Waals surface area contributed by atoms with Gasteiger partial charge in [-0.2, -0.15) is 0 Å². The largest absolute Gasteiger partial charge is 0.486 e. The van der Waals surface area contributed by atoms with Gasteiger partial charge in [-0.25, -0.2) is 0 Å². The van der Waals surface area contributed by atoms with Crippen LogP contribution in [-0.2, 0) is 15.6 Å². The van der Waals surface area contributed by atoms with Gasteiger partial charge in [0.25, 0.3) is 0 Å². The summed E-state index contributed by atoms with van der Waals surface area (Å²) in [6, 6.07) is 5.40. The highest BCUT2D eigenvalue weighted by Crippen LogP contribution is 2.31. The average Bonchev–Trinajstić information content (AvgIpc) is 2.42. The van der Waals surface area contributed by atoms with Crippen molar-refractivity contribution < 1.29 is 18.5 Å². The molecule has 0 radical (unpaired) electrons. The number of carbonyl (C=O) groups is 1. The first-order chi connectivity index (χ1) is 9.16. The molecule has 0 amide bonds. The van der Waals surface area contributed by atoms with E-state index in [-0.39, 0.29) is 5.78 Å². The van der Waals surface area contributed by atoms with Crippen molar-refractivity contribution in [1.29, 1.82) is 0 Å². The number of fused-ring (bicyclic) bond motifs is 1. The molecule has 0 spiro atoms. The third-order valence-electron chi connectivity index (χ3n) is 2.89. The molecule has 2 rings (SSSR count). The number of ether oxygens (including phenoxy) is 2. The van der Waals surface area contributed by atoms with Crippen LogP contribution >= 0.6 is 0 Å². The number of rotatable bonds is 6. The second-order valence-corrected chi connectivity index (χ2v) is 6.08. The summed E-state index contributed by atoms with van der Waals surface area (Å²) < 4.78 is 23.0. The maximum absolute atomic E-state index is 12.1. The second kappa shape index (κ2) is 6.70. The van der Waals surface area contributed by atoms with Gasteiger partial charge in [-0.3, -0.25) is 4.21 Å². The van der Waals surface area contributed by atoms with E-state index in [2.05, 4.69) is 0 Å². The van der Waals surface area contributed by atoms with E-state index in [1.54, 1.807) is 19.1 Å². The van der Waals surface area contributed by atoms with Crippen molar-refractivity contribution in [2.75, 3.05) is 19.0 Å². The predicted octanol–water partition coefficient (Wildman–Crippen LogP) is 2.32. The molecule has 1 atom stereocenters. The van der Waals surface area contributed by atoms with E-state index >= 15 is 0 Å². The molecule has 0 aliphatic carbocycles. The summed E-state index contributed by atoms with van der Waals surface area (Å²) in [5, 5.41) is 0. The number of hydrogen-bond acceptors (Lipinski definition) is 4. The van der Waals surface area contributed by atoms with E-state index in [9.17, 15) is 9.00 Å². The van der Waals surface area contributed by atoms with Gasteiger partial charge < -0.3 is 14.3 Å². The summed E-state index contributed by atoms with van der Waals surface area (Å²) in [6.45, 7) is 2.67. The van der Waals surface area contributed by atoms with Crippen LogP contribution in [0.2, 0.25) is 0 Å². The summed E-state index contributed by atoms with van der Waals surface area (Å²) in [6.07, 6.45) is 2.16. The van der Waals surface area contributed by atoms with Gasteiger partial charge in [0, 0.05) is 23.1 Å². The molecule has 0 saturated carbocycles. The highest BCUT2D eigenvalue weighted by Gasteiger charge is 2.14. The lowest BCUT2D eigenvalue weighted by Gasteiger charge is -2.18. The van der Waals surface area contributed by atoms with E-state index in [0.717, 1.165) is 17.7 Å². The van der Waals surface area contributed by atoms with Crippen LogP contribution in [0.25, 0.3) is 0 Å². The molecule has 0 bridgehead atoms. The van der Waals surface area contributed by atoms with Crippen LogP contribution in [0.3, 0.4) is 0 Å². The smallest absolute Gasteiger partial charge is 0.162 e. The number of ketones is 1. The maximum Gasteiger partial charge on any atom is 0.162 e. The summed E-state index contributed by atoms with van der Waals surface area (Å²) in [7, 11) is -1.04. The van der Waals surface area contributed by atoms with E-state index in [0.29, 0.717) is 36.9 Å². The molecule has 1 unspecified atom stereocenters. The highest BCUT2D eigenvalue weighted by molar-refractivity contribution is 7.85. The van der Waals surface area contributed by atoms with Gasteiger partial charge in [-0.15, -0.1) is 0 Å². The number of carbonyl (C=O) groups excluding carboxylic acids is 1. The molecule has 0 aromatic heterocycles. The average molecular weight is 282 g/mol. The predicted molar refractivity (Wildman–Crippen MR) is 73.2 cm³/mol. The SMILES string of the molecule is CC(=O)CCCCS(=O)c1ccc2c(c1)OCCO2. The number of benzene rings is 1. The third-order valence-corrected chi connectivity index (χ3v) is 4.32. The zero-order valence-corrected chi connectivity index (χ0v) is 11.8. The van der Waals surface area contributed by atoms with Gasteiger partial charge in [0.05, 0.1) is 10.8 Å². The van der Waals surface area contributed by atoms with Crippen LogP contribution in [0.1, 0.15) is 26.2 Å². The lowest BCUT2D eigenvalue weighted by molar-refractivity contribution is -0.117. The van der Waals surface area contributed by atoms with E-state index in [1.807, 2.05) is 6.07 Å². The van der Waals surface area contributed by atoms with E-state index in [1.165, 1.54) is 0 Å². The summed E-state index contributed by atoms with van der Waals surface area (Å²) >= 11 is 0. The number of Topliss-reactive ketones (excluding diaryl/α,β-unsaturated/α-hetero) is 1. The quantitative estimate of drug-likeness (QED) is 0.751. The Morgan fingerprint density at radius 3 is 2.68 bits per heavy atom. The van der Waals surface area contributed by atoms with Crippen molar-refractivity contribution in [1.82, 2.24) is 0 Å². The first-order valence-corrected chi connectivity index (χ1v) is 7.76. The Hall–Kier alpha value is -1.36. The molecule has 0 N–H and O–H groups in total. The first kappa shape index (κ1) is 14.1. The van der Waals surface area contributed by atoms with Gasteiger partial charge in [-0.1, -0.05) is 0 Å². The van der Waals surface area contributed by atoms with Crippen LogP contribution in [0, 0.1) is 0 Å². The van der Waals surface area contributed by atoms with Crippen molar-refractivity contribution in [2.24, 2.45) is 0 Å². The summed E-state index contributed by atoms with van der Waals surface area (Å²) in [4.78, 5) is 11.6. The van der Waals surface area contributed by atoms with Crippen molar-refractivity contribution in [3.05, 3.63) is 18.2 Å². The molecule has 4 nitrogen and oxygen atoms in total. The van der Waals surface area contributed by atoms with Crippen molar-refractivity contribution in [3.8, 4) is 11.5 Å². The fraction of sp³-hybridized carbons (Fsp3) is 0.500. The van der Waals surface area contributed by atoms with Crippen LogP contribution in [0.4, 0.5) is 0 Å². The lowest BCUT2D eigenvalue weighted by Crippen LogP contribution is -2.15. The van der Waals surface area contributed by atoms with Gasteiger partial charge in [0.1, 0.15) is 19.0 Å². The van der Waals surface area contributed by atoms with Crippen LogP contribution < -0.4 is 9.47 Å². The highest BCUT2D eigenvalue weighted by atomic mass is 32.2. The van der Waals surface area contributed by atoms with Crippen LogP contribution in [-0.4, -0.2) is 29.0 Å². The topological polar surface area (TPSA) is 52.6 Å². The van der Waals surface area contributed by atoms with Gasteiger partial charge in [-0.05, 0) is 31.9 Å². The Morgan fingerprint density at radius 2 is 1.95 bits per heavy atom. The molecular weight excluding hydrogens is 264 g/mol.